The highest BCUT2D eigenvalue weighted by Gasteiger charge is 2.15. The van der Waals surface area contributed by atoms with Gasteiger partial charge in [-0.25, -0.2) is 9.97 Å². The van der Waals surface area contributed by atoms with Crippen molar-refractivity contribution >= 4 is 22.6 Å². The second-order valence-corrected chi connectivity index (χ2v) is 7.82. The SMILES string of the molecule is CCc1ccccc1NC(=O)c1ccc2nc(-c3ccccc3)c(-c3ccccc3)nc2c1. The van der Waals surface area contributed by atoms with Gasteiger partial charge in [-0.3, -0.25) is 4.79 Å². The van der Waals surface area contributed by atoms with E-state index < -0.39 is 0 Å². The maximum absolute atomic E-state index is 13.0. The average molecular weight is 430 g/mol. The third-order valence-corrected chi connectivity index (χ3v) is 5.67. The average Bonchev–Trinajstić information content (AvgIpc) is 2.89. The number of aromatic nitrogens is 2. The third kappa shape index (κ3) is 4.23. The number of para-hydroxylation sites is 1. The van der Waals surface area contributed by atoms with Crippen molar-refractivity contribution in [2.24, 2.45) is 0 Å². The summed E-state index contributed by atoms with van der Waals surface area (Å²) in [4.78, 5) is 22.9. The summed E-state index contributed by atoms with van der Waals surface area (Å²) in [6, 6.07) is 33.4. The first-order valence-corrected chi connectivity index (χ1v) is 11.0. The van der Waals surface area contributed by atoms with E-state index in [9.17, 15) is 4.79 Å². The van der Waals surface area contributed by atoms with Crippen molar-refractivity contribution in [2.45, 2.75) is 13.3 Å². The van der Waals surface area contributed by atoms with Gasteiger partial charge in [-0.05, 0) is 36.2 Å². The fraction of sp³-hybridized carbons (Fsp3) is 0.0690. The van der Waals surface area contributed by atoms with Gasteiger partial charge in [0.1, 0.15) is 0 Å². The molecule has 4 aromatic carbocycles. The Balaban J connectivity index is 1.59. The summed E-state index contributed by atoms with van der Waals surface area (Å²) in [6.45, 7) is 2.08. The van der Waals surface area contributed by atoms with E-state index in [4.69, 9.17) is 9.97 Å². The Morgan fingerprint density at radius 2 is 1.27 bits per heavy atom. The molecule has 1 heterocycles. The molecular formula is C29H23N3O. The molecule has 0 aliphatic heterocycles. The number of carbonyl (C=O) groups excluding carboxylic acids is 1. The van der Waals surface area contributed by atoms with Gasteiger partial charge in [-0.2, -0.15) is 0 Å². The van der Waals surface area contributed by atoms with Crippen LogP contribution in [0.25, 0.3) is 33.5 Å². The number of aryl methyl sites for hydroxylation is 1. The van der Waals surface area contributed by atoms with Crippen LogP contribution >= 0.6 is 0 Å². The number of nitrogens with one attached hydrogen (secondary N) is 1. The molecule has 0 radical (unpaired) electrons. The highest BCUT2D eigenvalue weighted by molar-refractivity contribution is 6.06. The molecule has 1 amide bonds. The Bertz CT molecular complexity index is 1430. The van der Waals surface area contributed by atoms with E-state index >= 15 is 0 Å². The minimum atomic E-state index is -0.159. The predicted molar refractivity (Wildman–Crippen MR) is 134 cm³/mol. The minimum Gasteiger partial charge on any atom is -0.322 e. The number of nitrogens with zero attached hydrogens (tertiary/aromatic N) is 2. The van der Waals surface area contributed by atoms with Gasteiger partial charge in [0, 0.05) is 22.4 Å². The van der Waals surface area contributed by atoms with Crippen LogP contribution in [0.5, 0.6) is 0 Å². The Labute approximate surface area is 193 Å². The van der Waals surface area contributed by atoms with Gasteiger partial charge in [0.2, 0.25) is 0 Å². The van der Waals surface area contributed by atoms with Crippen LogP contribution in [-0.2, 0) is 6.42 Å². The molecule has 0 saturated heterocycles. The summed E-state index contributed by atoms with van der Waals surface area (Å²) in [5.41, 5.74) is 7.52. The summed E-state index contributed by atoms with van der Waals surface area (Å²) >= 11 is 0. The van der Waals surface area contributed by atoms with Crippen LogP contribution in [0, 0.1) is 0 Å². The van der Waals surface area contributed by atoms with Gasteiger partial charge >= 0.3 is 0 Å². The second-order valence-electron chi connectivity index (χ2n) is 7.82. The number of amides is 1. The summed E-state index contributed by atoms with van der Waals surface area (Å²) in [5, 5.41) is 3.04. The van der Waals surface area contributed by atoms with Crippen molar-refractivity contribution in [2.75, 3.05) is 5.32 Å². The molecule has 0 saturated carbocycles. The molecule has 1 aromatic heterocycles. The lowest BCUT2D eigenvalue weighted by Gasteiger charge is -2.12. The van der Waals surface area contributed by atoms with Gasteiger partial charge < -0.3 is 5.32 Å². The molecule has 0 fully saturated rings. The molecule has 4 heteroatoms. The highest BCUT2D eigenvalue weighted by Crippen LogP contribution is 2.31. The zero-order chi connectivity index (χ0) is 22.6. The summed E-state index contributed by atoms with van der Waals surface area (Å²) < 4.78 is 0. The molecule has 0 atom stereocenters. The van der Waals surface area contributed by atoms with Gasteiger partial charge in [0.05, 0.1) is 22.4 Å². The number of anilines is 1. The van der Waals surface area contributed by atoms with Crippen molar-refractivity contribution in [3.8, 4) is 22.5 Å². The van der Waals surface area contributed by atoms with Crippen LogP contribution in [0.3, 0.4) is 0 Å². The van der Waals surface area contributed by atoms with Gasteiger partial charge in [-0.1, -0.05) is 85.8 Å². The Morgan fingerprint density at radius 1 is 0.697 bits per heavy atom. The van der Waals surface area contributed by atoms with Crippen LogP contribution in [0.4, 0.5) is 5.69 Å². The lowest BCUT2D eigenvalue weighted by atomic mass is 10.0. The van der Waals surface area contributed by atoms with E-state index in [1.54, 1.807) is 6.07 Å². The molecule has 1 N–H and O–H groups in total. The molecule has 0 spiro atoms. The number of fused-ring (bicyclic) bond motifs is 1. The highest BCUT2D eigenvalue weighted by atomic mass is 16.1. The monoisotopic (exact) mass is 429 g/mol. The van der Waals surface area contributed by atoms with E-state index in [-0.39, 0.29) is 5.91 Å². The lowest BCUT2D eigenvalue weighted by molar-refractivity contribution is 0.102. The number of hydrogen-bond donors (Lipinski definition) is 1. The molecule has 0 bridgehead atoms. The van der Waals surface area contributed by atoms with E-state index in [2.05, 4.69) is 12.2 Å². The number of hydrogen-bond acceptors (Lipinski definition) is 3. The van der Waals surface area contributed by atoms with Gasteiger partial charge in [0.15, 0.2) is 0 Å². The van der Waals surface area contributed by atoms with Crippen molar-refractivity contribution in [3.63, 3.8) is 0 Å². The smallest absolute Gasteiger partial charge is 0.255 e. The first-order valence-electron chi connectivity index (χ1n) is 11.0. The van der Waals surface area contributed by atoms with Crippen LogP contribution in [-0.4, -0.2) is 15.9 Å². The zero-order valence-corrected chi connectivity index (χ0v) is 18.3. The normalized spacial score (nSPS) is 10.8. The Hall–Kier alpha value is -4.31. The van der Waals surface area contributed by atoms with Crippen molar-refractivity contribution in [1.29, 1.82) is 0 Å². The van der Waals surface area contributed by atoms with Crippen molar-refractivity contribution in [1.82, 2.24) is 9.97 Å². The number of rotatable bonds is 5. The van der Waals surface area contributed by atoms with E-state index in [0.717, 1.165) is 45.7 Å². The van der Waals surface area contributed by atoms with Crippen LogP contribution in [0.2, 0.25) is 0 Å². The fourth-order valence-electron chi connectivity index (χ4n) is 3.94. The first kappa shape index (κ1) is 20.6. The number of carbonyl (C=O) groups is 1. The summed E-state index contributed by atoms with van der Waals surface area (Å²) in [7, 11) is 0. The molecule has 5 aromatic rings. The van der Waals surface area contributed by atoms with Gasteiger partial charge in [-0.15, -0.1) is 0 Å². The first-order chi connectivity index (χ1) is 16.2. The second kappa shape index (κ2) is 9.05. The molecular weight excluding hydrogens is 406 g/mol. The molecule has 33 heavy (non-hydrogen) atoms. The minimum absolute atomic E-state index is 0.159. The number of benzene rings is 4. The maximum Gasteiger partial charge on any atom is 0.255 e. The van der Waals surface area contributed by atoms with E-state index in [1.807, 2.05) is 97.1 Å². The van der Waals surface area contributed by atoms with Crippen LogP contribution in [0.15, 0.2) is 103 Å². The Morgan fingerprint density at radius 3 is 1.91 bits per heavy atom. The predicted octanol–water partition coefficient (Wildman–Crippen LogP) is 6.78. The molecule has 0 aliphatic carbocycles. The summed E-state index contributed by atoms with van der Waals surface area (Å²) in [5.74, 6) is -0.159. The topological polar surface area (TPSA) is 54.9 Å². The lowest BCUT2D eigenvalue weighted by Crippen LogP contribution is -2.13. The van der Waals surface area contributed by atoms with Crippen LogP contribution < -0.4 is 5.32 Å². The molecule has 0 unspecified atom stereocenters. The molecule has 0 aliphatic rings. The maximum atomic E-state index is 13.0. The third-order valence-electron chi connectivity index (χ3n) is 5.67. The quantitative estimate of drug-likeness (QED) is 0.335. The van der Waals surface area contributed by atoms with Crippen molar-refractivity contribution < 1.29 is 4.79 Å². The molecule has 5 rings (SSSR count). The zero-order valence-electron chi connectivity index (χ0n) is 18.3. The largest absolute Gasteiger partial charge is 0.322 e. The standard InChI is InChI=1S/C29H23N3O/c1-2-20-11-9-10-16-24(20)32-29(33)23-17-18-25-26(19-23)31-28(22-14-7-4-8-15-22)27(30-25)21-12-5-3-6-13-21/h3-19H,2H2,1H3,(H,32,33). The molecule has 4 nitrogen and oxygen atoms in total. The van der Waals surface area contributed by atoms with Gasteiger partial charge in [0.25, 0.3) is 5.91 Å². The van der Waals surface area contributed by atoms with E-state index in [1.165, 1.54) is 0 Å². The molecule has 160 valence electrons. The van der Waals surface area contributed by atoms with E-state index in [0.29, 0.717) is 11.1 Å². The van der Waals surface area contributed by atoms with Crippen molar-refractivity contribution in [3.05, 3.63) is 114 Å². The summed E-state index contributed by atoms with van der Waals surface area (Å²) in [6.07, 6.45) is 0.850. The fourth-order valence-corrected chi connectivity index (χ4v) is 3.94. The Kier molecular flexibility index (Phi) is 5.64. The van der Waals surface area contributed by atoms with Crippen LogP contribution in [0.1, 0.15) is 22.8 Å².